The Morgan fingerprint density at radius 3 is 2.50 bits per heavy atom. The standard InChI is InChI=1S/C34H39N4O3S/c1-23(2)27-13-8-12-26(16-27)19-35-20-31(39)30(17-25-10-6-5-7-11-25)37-33(40)28-14-9-15-29(18-28)34(41)38(4)21-32-36-24(3)22-42-32/h5-7,9-16,18,22-23,30-31,35,39H,17,19-21H2,1-4H3,(H,37,40). The number of carbonyl (C=O) groups is 2. The minimum absolute atomic E-state index is 0.193. The molecule has 2 atom stereocenters. The third-order valence-electron chi connectivity index (χ3n) is 7.06. The van der Waals surface area contributed by atoms with Crippen LogP contribution in [0.4, 0.5) is 0 Å². The van der Waals surface area contributed by atoms with Crippen molar-refractivity contribution in [3.8, 4) is 0 Å². The molecule has 3 aromatic carbocycles. The van der Waals surface area contributed by atoms with Crippen LogP contribution in [0, 0.1) is 13.0 Å². The van der Waals surface area contributed by atoms with Crippen molar-refractivity contribution in [3.63, 3.8) is 0 Å². The van der Waals surface area contributed by atoms with Gasteiger partial charge in [0.05, 0.1) is 18.7 Å². The minimum atomic E-state index is -0.843. The first kappa shape index (κ1) is 31.1. The van der Waals surface area contributed by atoms with Crippen molar-refractivity contribution in [1.82, 2.24) is 20.5 Å². The number of aromatic nitrogens is 1. The van der Waals surface area contributed by atoms with Gasteiger partial charge in [0.25, 0.3) is 11.8 Å². The van der Waals surface area contributed by atoms with Crippen molar-refractivity contribution in [2.24, 2.45) is 0 Å². The maximum Gasteiger partial charge on any atom is 0.253 e. The first-order valence-corrected chi connectivity index (χ1v) is 15.1. The van der Waals surface area contributed by atoms with E-state index >= 15 is 0 Å². The number of hydrogen-bond acceptors (Lipinski definition) is 6. The number of aryl methyl sites for hydroxylation is 1. The molecule has 0 aliphatic rings. The second-order valence-corrected chi connectivity index (χ2v) is 11.9. The van der Waals surface area contributed by atoms with E-state index in [9.17, 15) is 14.7 Å². The van der Waals surface area contributed by atoms with Crippen LogP contribution in [0.15, 0.2) is 78.2 Å². The molecule has 1 heterocycles. The van der Waals surface area contributed by atoms with Crippen LogP contribution in [0.25, 0.3) is 0 Å². The van der Waals surface area contributed by atoms with Crippen LogP contribution in [-0.2, 0) is 19.5 Å². The summed E-state index contributed by atoms with van der Waals surface area (Å²) >= 11 is 1.51. The zero-order valence-corrected chi connectivity index (χ0v) is 25.4. The highest BCUT2D eigenvalue weighted by Gasteiger charge is 2.23. The number of aliphatic hydroxyl groups is 1. The lowest BCUT2D eigenvalue weighted by atomic mass is 9.99. The normalized spacial score (nSPS) is 12.6. The van der Waals surface area contributed by atoms with E-state index in [1.165, 1.54) is 16.9 Å². The number of aliphatic hydroxyl groups excluding tert-OH is 1. The van der Waals surface area contributed by atoms with Gasteiger partial charge >= 0.3 is 0 Å². The van der Waals surface area contributed by atoms with E-state index in [0.29, 0.717) is 43.1 Å². The average molecular weight is 584 g/mol. The summed E-state index contributed by atoms with van der Waals surface area (Å²) in [5.41, 5.74) is 5.02. The van der Waals surface area contributed by atoms with Gasteiger partial charge in [-0.3, -0.25) is 9.59 Å². The van der Waals surface area contributed by atoms with E-state index in [-0.39, 0.29) is 11.8 Å². The van der Waals surface area contributed by atoms with Crippen molar-refractivity contribution >= 4 is 23.2 Å². The van der Waals surface area contributed by atoms with Gasteiger partial charge in [-0.2, -0.15) is 0 Å². The summed E-state index contributed by atoms with van der Waals surface area (Å²) in [5, 5.41) is 20.4. The molecule has 3 N–H and O–H groups in total. The Labute approximate surface area is 252 Å². The number of amides is 2. The van der Waals surface area contributed by atoms with Crippen LogP contribution in [-0.4, -0.2) is 52.5 Å². The molecule has 0 saturated heterocycles. The number of carbonyl (C=O) groups excluding carboxylic acids is 2. The van der Waals surface area contributed by atoms with Crippen molar-refractivity contribution < 1.29 is 14.7 Å². The Hall–Kier alpha value is -3.85. The molecule has 1 radical (unpaired) electrons. The Balaban J connectivity index is 1.42. The molecule has 219 valence electrons. The van der Waals surface area contributed by atoms with Crippen molar-refractivity contribution in [1.29, 1.82) is 0 Å². The first-order valence-electron chi connectivity index (χ1n) is 14.2. The third-order valence-corrected chi connectivity index (χ3v) is 8.01. The van der Waals surface area contributed by atoms with E-state index in [2.05, 4.69) is 41.6 Å². The smallest absolute Gasteiger partial charge is 0.253 e. The molecular formula is C34H39N4O3S. The largest absolute Gasteiger partial charge is 0.390 e. The fourth-order valence-electron chi connectivity index (χ4n) is 4.65. The quantitative estimate of drug-likeness (QED) is 0.203. The second kappa shape index (κ2) is 14.9. The summed E-state index contributed by atoms with van der Waals surface area (Å²) in [4.78, 5) is 32.6. The summed E-state index contributed by atoms with van der Waals surface area (Å²) in [6.45, 7) is 7.49. The maximum atomic E-state index is 13.4. The molecule has 0 fully saturated rings. The summed E-state index contributed by atoms with van der Waals surface area (Å²) in [6, 6.07) is 25.2. The summed E-state index contributed by atoms with van der Waals surface area (Å²) < 4.78 is 0. The molecule has 42 heavy (non-hydrogen) atoms. The van der Waals surface area contributed by atoms with Crippen LogP contribution in [0.3, 0.4) is 0 Å². The lowest BCUT2D eigenvalue weighted by Crippen LogP contribution is -2.48. The van der Waals surface area contributed by atoms with Crippen LogP contribution in [0.2, 0.25) is 0 Å². The second-order valence-electron chi connectivity index (χ2n) is 10.9. The van der Waals surface area contributed by atoms with Crippen molar-refractivity contribution in [3.05, 3.63) is 123 Å². The van der Waals surface area contributed by atoms with E-state index < -0.39 is 12.1 Å². The minimum Gasteiger partial charge on any atom is -0.390 e. The predicted octanol–water partition coefficient (Wildman–Crippen LogP) is 5.14. The van der Waals surface area contributed by atoms with E-state index in [4.69, 9.17) is 0 Å². The fourth-order valence-corrected chi connectivity index (χ4v) is 5.48. The Kier molecular flexibility index (Phi) is 11.0. The molecule has 4 rings (SSSR count). The van der Waals surface area contributed by atoms with Gasteiger partial charge < -0.3 is 20.6 Å². The van der Waals surface area contributed by atoms with Gasteiger partial charge in [-0.05, 0) is 66.3 Å². The van der Waals surface area contributed by atoms with Crippen LogP contribution < -0.4 is 10.6 Å². The summed E-state index contributed by atoms with van der Waals surface area (Å²) in [6.07, 6.45) is -0.384. The first-order chi connectivity index (χ1) is 20.2. The lowest BCUT2D eigenvalue weighted by molar-refractivity contribution is 0.0784. The Morgan fingerprint density at radius 1 is 1.02 bits per heavy atom. The van der Waals surface area contributed by atoms with Gasteiger partial charge in [-0.25, -0.2) is 4.98 Å². The summed E-state index contributed by atoms with van der Waals surface area (Å²) in [7, 11) is 1.72. The number of benzene rings is 3. The van der Waals surface area contributed by atoms with E-state index in [1.54, 1.807) is 36.2 Å². The lowest BCUT2D eigenvalue weighted by Gasteiger charge is -2.25. The molecule has 0 aliphatic heterocycles. The van der Waals surface area contributed by atoms with Crippen molar-refractivity contribution in [2.45, 2.75) is 58.3 Å². The number of thiazole rings is 1. The molecule has 2 unspecified atom stereocenters. The van der Waals surface area contributed by atoms with Crippen LogP contribution in [0.1, 0.15) is 67.9 Å². The van der Waals surface area contributed by atoms with Gasteiger partial charge in [0.15, 0.2) is 0 Å². The van der Waals surface area contributed by atoms with Crippen molar-refractivity contribution in [2.75, 3.05) is 13.6 Å². The third kappa shape index (κ3) is 8.82. The number of hydrogen-bond donors (Lipinski definition) is 3. The molecule has 7 nitrogen and oxygen atoms in total. The molecule has 8 heteroatoms. The van der Waals surface area contributed by atoms with Crippen LogP contribution >= 0.6 is 11.3 Å². The average Bonchev–Trinajstić information content (AvgIpc) is 3.41. The van der Waals surface area contributed by atoms with Crippen LogP contribution in [0.5, 0.6) is 0 Å². The van der Waals surface area contributed by atoms with Gasteiger partial charge in [-0.1, -0.05) is 62.4 Å². The predicted molar refractivity (Wildman–Crippen MR) is 168 cm³/mol. The highest BCUT2D eigenvalue weighted by atomic mass is 32.1. The highest BCUT2D eigenvalue weighted by molar-refractivity contribution is 7.09. The zero-order chi connectivity index (χ0) is 30.1. The van der Waals surface area contributed by atoms with Gasteiger partial charge in [0.1, 0.15) is 5.01 Å². The molecular weight excluding hydrogens is 544 g/mol. The maximum absolute atomic E-state index is 13.4. The van der Waals surface area contributed by atoms with E-state index in [1.807, 2.05) is 54.8 Å². The number of nitrogens with one attached hydrogen (secondary N) is 2. The molecule has 2 amide bonds. The Morgan fingerprint density at radius 2 is 1.79 bits per heavy atom. The van der Waals surface area contributed by atoms with Gasteiger partial charge in [-0.15, -0.1) is 11.3 Å². The molecule has 4 aromatic rings. The fraction of sp³-hybridized carbons (Fsp3) is 0.324. The zero-order valence-electron chi connectivity index (χ0n) is 24.6. The monoisotopic (exact) mass is 583 g/mol. The molecule has 1 aromatic heterocycles. The molecule has 0 aliphatic carbocycles. The molecule has 0 bridgehead atoms. The Bertz CT molecular complexity index is 1470. The number of rotatable bonds is 13. The molecule has 0 spiro atoms. The van der Waals surface area contributed by atoms with E-state index in [0.717, 1.165) is 21.8 Å². The van der Waals surface area contributed by atoms with Gasteiger partial charge in [0.2, 0.25) is 0 Å². The molecule has 0 saturated carbocycles. The number of nitrogens with zero attached hydrogens (tertiary/aromatic N) is 2. The van der Waals surface area contributed by atoms with Gasteiger partial charge in [0, 0.05) is 42.3 Å². The SMILES string of the molecule is Cc1csc(CN(C)C(=O)c2cccc(C(=O)NC(Cc3ccccc3)C(O)CNCc3c[c]cc(C(C)C)c3)c2)n1. The summed E-state index contributed by atoms with van der Waals surface area (Å²) in [5.74, 6) is -0.128. The topological polar surface area (TPSA) is 94.6 Å². The highest BCUT2D eigenvalue weighted by Crippen LogP contribution is 2.16.